The highest BCUT2D eigenvalue weighted by Crippen LogP contribution is 2.21. The number of carbonyl (C=O) groups is 2. The van der Waals surface area contributed by atoms with Crippen LogP contribution >= 0.6 is 11.6 Å². The quantitative estimate of drug-likeness (QED) is 0.642. The Balaban J connectivity index is 1.79. The fourth-order valence-corrected chi connectivity index (χ4v) is 2.85. The van der Waals surface area contributed by atoms with Crippen molar-refractivity contribution in [3.05, 3.63) is 87.7 Å². The topological polar surface area (TPSA) is 71.1 Å². The molecule has 0 radical (unpaired) electrons. The summed E-state index contributed by atoms with van der Waals surface area (Å²) in [6.07, 6.45) is 1.44. The predicted octanol–water partition coefficient (Wildman–Crippen LogP) is 5.16. The Kier molecular flexibility index (Phi) is 5.76. The highest BCUT2D eigenvalue weighted by Gasteiger charge is 2.14. The SMILES string of the molecule is Cc1ccc(C)c(NC(=O)c2cc(C(=O)Nc3cc(Cl)ccc3C)ccn2)c1. The van der Waals surface area contributed by atoms with Gasteiger partial charge in [0.2, 0.25) is 0 Å². The van der Waals surface area contributed by atoms with Gasteiger partial charge in [0.1, 0.15) is 5.69 Å². The van der Waals surface area contributed by atoms with Gasteiger partial charge in [-0.15, -0.1) is 0 Å². The van der Waals surface area contributed by atoms with E-state index in [1.807, 2.05) is 45.0 Å². The number of rotatable bonds is 4. The first kappa shape index (κ1) is 19.6. The fraction of sp³-hybridized carbons (Fsp3) is 0.136. The molecule has 1 heterocycles. The summed E-state index contributed by atoms with van der Waals surface area (Å²) in [5.74, 6) is -0.712. The van der Waals surface area contributed by atoms with Gasteiger partial charge in [0.05, 0.1) is 0 Å². The number of aromatic nitrogens is 1. The van der Waals surface area contributed by atoms with Crippen LogP contribution < -0.4 is 10.6 Å². The molecule has 142 valence electrons. The Labute approximate surface area is 168 Å². The summed E-state index contributed by atoms with van der Waals surface area (Å²) in [4.78, 5) is 29.3. The molecule has 0 aliphatic rings. The molecule has 0 aliphatic carbocycles. The van der Waals surface area contributed by atoms with Gasteiger partial charge in [-0.3, -0.25) is 14.6 Å². The van der Waals surface area contributed by atoms with Crippen molar-refractivity contribution in [3.63, 3.8) is 0 Å². The smallest absolute Gasteiger partial charge is 0.274 e. The molecule has 0 unspecified atom stereocenters. The van der Waals surface area contributed by atoms with Crippen molar-refractivity contribution in [2.75, 3.05) is 10.6 Å². The van der Waals surface area contributed by atoms with E-state index in [2.05, 4.69) is 15.6 Å². The fourth-order valence-electron chi connectivity index (χ4n) is 2.68. The summed E-state index contributed by atoms with van der Waals surface area (Å²) >= 11 is 6.00. The summed E-state index contributed by atoms with van der Waals surface area (Å²) in [6.45, 7) is 5.75. The van der Waals surface area contributed by atoms with Crippen LogP contribution in [-0.2, 0) is 0 Å². The summed E-state index contributed by atoms with van der Waals surface area (Å²) in [5.41, 5.74) is 4.71. The third-order valence-corrected chi connectivity index (χ3v) is 4.58. The number of nitrogens with zero attached hydrogens (tertiary/aromatic N) is 1. The van der Waals surface area contributed by atoms with Crippen LogP contribution in [0.3, 0.4) is 0 Å². The van der Waals surface area contributed by atoms with Crippen LogP contribution in [0.2, 0.25) is 5.02 Å². The lowest BCUT2D eigenvalue weighted by Crippen LogP contribution is -2.17. The van der Waals surface area contributed by atoms with Crippen molar-refractivity contribution >= 4 is 34.8 Å². The van der Waals surface area contributed by atoms with Gasteiger partial charge in [0, 0.05) is 28.2 Å². The lowest BCUT2D eigenvalue weighted by atomic mass is 10.1. The molecule has 2 N–H and O–H groups in total. The molecular weight excluding hydrogens is 374 g/mol. The predicted molar refractivity (Wildman–Crippen MR) is 112 cm³/mol. The molecular formula is C22H20ClN3O2. The van der Waals surface area contributed by atoms with Crippen LogP contribution in [0.25, 0.3) is 0 Å². The third-order valence-electron chi connectivity index (χ3n) is 4.34. The van der Waals surface area contributed by atoms with E-state index in [0.29, 0.717) is 16.3 Å². The van der Waals surface area contributed by atoms with Crippen LogP contribution in [0.4, 0.5) is 11.4 Å². The average Bonchev–Trinajstić information content (AvgIpc) is 2.67. The number of anilines is 2. The van der Waals surface area contributed by atoms with Gasteiger partial charge in [-0.25, -0.2) is 0 Å². The highest BCUT2D eigenvalue weighted by atomic mass is 35.5. The molecule has 3 aromatic rings. The molecule has 2 amide bonds. The monoisotopic (exact) mass is 393 g/mol. The standard InChI is InChI=1S/C22H20ClN3O2/c1-13-4-5-14(2)18(10-13)26-22(28)20-11-16(8-9-24-20)21(27)25-19-12-17(23)7-6-15(19)3/h4-12H,1-3H3,(H,25,27)(H,26,28). The zero-order chi connectivity index (χ0) is 20.3. The minimum Gasteiger partial charge on any atom is -0.322 e. The van der Waals surface area contributed by atoms with Gasteiger partial charge in [-0.2, -0.15) is 0 Å². The largest absolute Gasteiger partial charge is 0.322 e. The molecule has 0 aliphatic heterocycles. The molecule has 0 fully saturated rings. The second-order valence-electron chi connectivity index (χ2n) is 6.62. The van der Waals surface area contributed by atoms with Gasteiger partial charge < -0.3 is 10.6 Å². The number of hydrogen-bond acceptors (Lipinski definition) is 3. The molecule has 28 heavy (non-hydrogen) atoms. The van der Waals surface area contributed by atoms with Crippen molar-refractivity contribution in [1.29, 1.82) is 0 Å². The molecule has 1 aromatic heterocycles. The maximum absolute atomic E-state index is 12.6. The molecule has 6 heteroatoms. The molecule has 0 atom stereocenters. The Hall–Kier alpha value is -3.18. The second-order valence-corrected chi connectivity index (χ2v) is 7.05. The van der Waals surface area contributed by atoms with Crippen LogP contribution in [0.1, 0.15) is 37.5 Å². The van der Waals surface area contributed by atoms with Gasteiger partial charge in [-0.05, 0) is 67.8 Å². The Morgan fingerprint density at radius 1 is 0.821 bits per heavy atom. The maximum Gasteiger partial charge on any atom is 0.274 e. The normalized spacial score (nSPS) is 10.4. The van der Waals surface area contributed by atoms with Crippen LogP contribution in [0, 0.1) is 20.8 Å². The molecule has 0 bridgehead atoms. The number of pyridine rings is 1. The van der Waals surface area contributed by atoms with E-state index in [-0.39, 0.29) is 17.5 Å². The number of hydrogen-bond donors (Lipinski definition) is 2. The van der Waals surface area contributed by atoms with Crippen LogP contribution in [-0.4, -0.2) is 16.8 Å². The first-order chi connectivity index (χ1) is 13.3. The van der Waals surface area contributed by atoms with E-state index < -0.39 is 0 Å². The molecule has 0 saturated heterocycles. The minimum absolute atomic E-state index is 0.163. The molecule has 2 aromatic carbocycles. The van der Waals surface area contributed by atoms with E-state index in [9.17, 15) is 9.59 Å². The van der Waals surface area contributed by atoms with Crippen molar-refractivity contribution in [2.45, 2.75) is 20.8 Å². The summed E-state index contributed by atoms with van der Waals surface area (Å²) in [7, 11) is 0. The average molecular weight is 394 g/mol. The zero-order valence-electron chi connectivity index (χ0n) is 15.8. The number of carbonyl (C=O) groups excluding carboxylic acids is 2. The summed E-state index contributed by atoms with van der Waals surface area (Å²) < 4.78 is 0. The molecule has 5 nitrogen and oxygen atoms in total. The van der Waals surface area contributed by atoms with E-state index in [0.717, 1.165) is 22.4 Å². The molecule has 0 saturated carbocycles. The first-order valence-electron chi connectivity index (χ1n) is 8.75. The summed E-state index contributed by atoms with van der Waals surface area (Å²) in [5, 5.41) is 6.20. The maximum atomic E-state index is 12.6. The van der Waals surface area contributed by atoms with Crippen molar-refractivity contribution in [1.82, 2.24) is 4.98 Å². The second kappa shape index (κ2) is 8.23. The number of aryl methyl sites for hydroxylation is 3. The van der Waals surface area contributed by atoms with E-state index in [1.165, 1.54) is 12.3 Å². The number of benzene rings is 2. The summed E-state index contributed by atoms with van der Waals surface area (Å²) in [6, 6.07) is 14.1. The zero-order valence-corrected chi connectivity index (χ0v) is 16.6. The number of halogens is 1. The first-order valence-corrected chi connectivity index (χ1v) is 9.13. The lowest BCUT2D eigenvalue weighted by molar-refractivity contribution is 0.102. The van der Waals surface area contributed by atoms with Crippen LogP contribution in [0.5, 0.6) is 0 Å². The highest BCUT2D eigenvalue weighted by molar-refractivity contribution is 6.31. The van der Waals surface area contributed by atoms with E-state index >= 15 is 0 Å². The molecule has 0 spiro atoms. The minimum atomic E-state index is -0.373. The van der Waals surface area contributed by atoms with E-state index in [1.54, 1.807) is 18.2 Å². The van der Waals surface area contributed by atoms with Gasteiger partial charge in [0.25, 0.3) is 11.8 Å². The Morgan fingerprint density at radius 3 is 2.21 bits per heavy atom. The Bertz CT molecular complexity index is 983. The third kappa shape index (κ3) is 4.56. The van der Waals surface area contributed by atoms with E-state index in [4.69, 9.17) is 11.6 Å². The van der Waals surface area contributed by atoms with Crippen molar-refractivity contribution in [2.24, 2.45) is 0 Å². The van der Waals surface area contributed by atoms with Crippen molar-refractivity contribution in [3.8, 4) is 0 Å². The Morgan fingerprint density at radius 2 is 1.46 bits per heavy atom. The van der Waals surface area contributed by atoms with Crippen LogP contribution in [0.15, 0.2) is 54.7 Å². The van der Waals surface area contributed by atoms with Gasteiger partial charge in [-0.1, -0.05) is 29.8 Å². The van der Waals surface area contributed by atoms with Gasteiger partial charge in [0.15, 0.2) is 0 Å². The van der Waals surface area contributed by atoms with Crippen molar-refractivity contribution < 1.29 is 9.59 Å². The molecule has 3 rings (SSSR count). The number of amides is 2. The van der Waals surface area contributed by atoms with Gasteiger partial charge >= 0.3 is 0 Å². The lowest BCUT2D eigenvalue weighted by Gasteiger charge is -2.11. The number of nitrogens with one attached hydrogen (secondary N) is 2.